The maximum absolute atomic E-state index is 13.4. The van der Waals surface area contributed by atoms with E-state index in [4.69, 9.17) is 21.1 Å². The summed E-state index contributed by atoms with van der Waals surface area (Å²) < 4.78 is 51.1. The first-order chi connectivity index (χ1) is 18.1. The molecule has 204 valence electrons. The number of esters is 1. The summed E-state index contributed by atoms with van der Waals surface area (Å²) in [6, 6.07) is 21.3. The van der Waals surface area contributed by atoms with Crippen LogP contribution < -0.4 is 4.74 Å². The van der Waals surface area contributed by atoms with Crippen LogP contribution in [0.5, 0.6) is 5.75 Å². The lowest BCUT2D eigenvalue weighted by molar-refractivity contribution is -0.140. The van der Waals surface area contributed by atoms with Crippen LogP contribution in [-0.4, -0.2) is 37.7 Å². The van der Waals surface area contributed by atoms with Crippen molar-refractivity contribution in [3.8, 4) is 5.75 Å². The minimum absolute atomic E-state index is 0.0619. The van der Waals surface area contributed by atoms with Gasteiger partial charge in [0.1, 0.15) is 5.75 Å². The molecule has 0 saturated heterocycles. The van der Waals surface area contributed by atoms with Crippen molar-refractivity contribution in [2.75, 3.05) is 26.8 Å². The van der Waals surface area contributed by atoms with Crippen molar-refractivity contribution < 1.29 is 27.4 Å². The highest BCUT2D eigenvalue weighted by Crippen LogP contribution is 2.36. The van der Waals surface area contributed by atoms with Gasteiger partial charge in [-0.2, -0.15) is 13.2 Å². The maximum Gasteiger partial charge on any atom is 0.417 e. The second kappa shape index (κ2) is 13.7. The number of hydrogen-bond donors (Lipinski definition) is 0. The molecule has 0 aliphatic carbocycles. The molecule has 0 radical (unpaired) electrons. The van der Waals surface area contributed by atoms with Crippen LogP contribution in [0, 0.1) is 5.92 Å². The second-order valence-electron chi connectivity index (χ2n) is 9.60. The number of ether oxygens (including phenoxy) is 2. The zero-order valence-electron chi connectivity index (χ0n) is 21.8. The van der Waals surface area contributed by atoms with Crippen LogP contribution >= 0.6 is 11.6 Å². The summed E-state index contributed by atoms with van der Waals surface area (Å²) in [5.41, 5.74) is 1.56. The van der Waals surface area contributed by atoms with Crippen LogP contribution in [0.3, 0.4) is 0 Å². The predicted octanol–water partition coefficient (Wildman–Crippen LogP) is 7.40. The average molecular weight is 548 g/mol. The first kappa shape index (κ1) is 29.5. The first-order valence-corrected chi connectivity index (χ1v) is 12.8. The maximum atomic E-state index is 13.4. The molecule has 4 nitrogen and oxygen atoms in total. The lowest BCUT2D eigenvalue weighted by Gasteiger charge is -2.29. The molecule has 0 unspecified atom stereocenters. The van der Waals surface area contributed by atoms with E-state index >= 15 is 0 Å². The normalized spacial score (nSPS) is 13.3. The van der Waals surface area contributed by atoms with Crippen LogP contribution in [0.25, 0.3) is 0 Å². The van der Waals surface area contributed by atoms with Crippen LogP contribution in [0.4, 0.5) is 13.2 Å². The lowest BCUT2D eigenvalue weighted by atomic mass is 9.99. The van der Waals surface area contributed by atoms with Gasteiger partial charge in [-0.3, -0.25) is 9.69 Å². The molecule has 0 aromatic heterocycles. The summed E-state index contributed by atoms with van der Waals surface area (Å²) in [5.74, 6) is 0.533. The minimum atomic E-state index is -4.52. The quantitative estimate of drug-likeness (QED) is 0.222. The molecular formula is C30H33ClF3NO3. The van der Waals surface area contributed by atoms with Crippen LogP contribution in [0.2, 0.25) is 5.02 Å². The van der Waals surface area contributed by atoms with Crippen molar-refractivity contribution in [2.24, 2.45) is 5.92 Å². The second-order valence-corrected chi connectivity index (χ2v) is 9.98. The van der Waals surface area contributed by atoms with E-state index in [0.717, 1.165) is 17.2 Å². The van der Waals surface area contributed by atoms with E-state index in [2.05, 4.69) is 11.8 Å². The molecule has 3 aromatic rings. The number of benzene rings is 3. The predicted molar refractivity (Wildman–Crippen MR) is 143 cm³/mol. The Balaban J connectivity index is 1.72. The van der Waals surface area contributed by atoms with Gasteiger partial charge in [0.05, 0.1) is 30.7 Å². The highest BCUT2D eigenvalue weighted by Gasteiger charge is 2.34. The Bertz CT molecular complexity index is 1190. The smallest absolute Gasteiger partial charge is 0.417 e. The minimum Gasteiger partial charge on any atom is -0.493 e. The molecule has 0 amide bonds. The first-order valence-electron chi connectivity index (χ1n) is 12.5. The molecule has 0 spiro atoms. The molecule has 3 rings (SSSR count). The van der Waals surface area contributed by atoms with Crippen molar-refractivity contribution in [3.63, 3.8) is 0 Å². The van der Waals surface area contributed by atoms with Gasteiger partial charge in [0.25, 0.3) is 0 Å². The number of carbonyl (C=O) groups excluding carboxylic acids is 1. The molecule has 38 heavy (non-hydrogen) atoms. The Kier molecular flexibility index (Phi) is 10.6. The number of alkyl halides is 3. The monoisotopic (exact) mass is 547 g/mol. The van der Waals surface area contributed by atoms with E-state index in [1.165, 1.54) is 13.2 Å². The fraction of sp³-hybridized carbons (Fsp3) is 0.367. The molecular weight excluding hydrogens is 515 g/mol. The topological polar surface area (TPSA) is 38.8 Å². The third-order valence-electron chi connectivity index (χ3n) is 6.26. The summed E-state index contributed by atoms with van der Waals surface area (Å²) in [5, 5.41) is -0.260. The average Bonchev–Trinajstić information content (AvgIpc) is 2.88. The number of methoxy groups -OCH3 is 1. The number of hydrogen-bond acceptors (Lipinski definition) is 4. The molecule has 0 aliphatic rings. The van der Waals surface area contributed by atoms with Crippen molar-refractivity contribution in [1.29, 1.82) is 0 Å². The van der Waals surface area contributed by atoms with Gasteiger partial charge in [-0.15, -0.1) is 0 Å². The molecule has 2 atom stereocenters. The largest absolute Gasteiger partial charge is 0.493 e. The van der Waals surface area contributed by atoms with E-state index in [9.17, 15) is 18.0 Å². The van der Waals surface area contributed by atoms with Crippen molar-refractivity contribution in [1.82, 2.24) is 4.90 Å². The number of halogens is 4. The molecule has 0 aliphatic heterocycles. The number of nitrogens with zero attached hydrogens (tertiary/aromatic N) is 1. The molecule has 0 saturated carbocycles. The van der Waals surface area contributed by atoms with Crippen LogP contribution in [0.15, 0.2) is 72.8 Å². The third-order valence-corrected chi connectivity index (χ3v) is 6.70. The third kappa shape index (κ3) is 8.77. The van der Waals surface area contributed by atoms with E-state index in [1.54, 1.807) is 12.1 Å². The SMILES string of the molecule is COC(=O)Cc1cccc(OC[C@H](C)CN(Cc2cccc(C(F)(F)F)c2Cl)C[C@@H](C)c2ccccc2)c1. The van der Waals surface area contributed by atoms with Crippen molar-refractivity contribution in [3.05, 3.63) is 100 Å². The molecule has 3 aromatic carbocycles. The van der Waals surface area contributed by atoms with E-state index in [0.29, 0.717) is 31.0 Å². The van der Waals surface area contributed by atoms with E-state index in [-0.39, 0.29) is 35.8 Å². The van der Waals surface area contributed by atoms with Crippen LogP contribution in [-0.2, 0) is 28.7 Å². The molecule has 0 bridgehead atoms. The fourth-order valence-corrected chi connectivity index (χ4v) is 4.65. The Morgan fingerprint density at radius 1 is 0.974 bits per heavy atom. The molecule has 0 fully saturated rings. The van der Waals surface area contributed by atoms with Crippen molar-refractivity contribution in [2.45, 2.75) is 38.9 Å². The van der Waals surface area contributed by atoms with Gasteiger partial charge in [-0.1, -0.05) is 80.0 Å². The van der Waals surface area contributed by atoms with Gasteiger partial charge < -0.3 is 9.47 Å². The van der Waals surface area contributed by atoms with Gasteiger partial charge in [0.2, 0.25) is 0 Å². The Labute approximate surface area is 227 Å². The zero-order valence-corrected chi connectivity index (χ0v) is 22.6. The van der Waals surface area contributed by atoms with Gasteiger partial charge in [-0.05, 0) is 40.8 Å². The van der Waals surface area contributed by atoms with Gasteiger partial charge in [0, 0.05) is 25.6 Å². The van der Waals surface area contributed by atoms with E-state index < -0.39 is 11.7 Å². The van der Waals surface area contributed by atoms with Crippen LogP contribution in [0.1, 0.15) is 42.0 Å². The van der Waals surface area contributed by atoms with Gasteiger partial charge >= 0.3 is 12.1 Å². The Morgan fingerprint density at radius 2 is 1.68 bits per heavy atom. The number of carbonyl (C=O) groups is 1. The van der Waals surface area contributed by atoms with Gasteiger partial charge in [-0.25, -0.2) is 0 Å². The molecule has 0 heterocycles. The lowest BCUT2D eigenvalue weighted by Crippen LogP contribution is -2.33. The standard InChI is InChI=1S/C30H33ClF3NO3/c1-21(20-38-26-13-7-9-23(15-26)16-28(36)37-3)17-35(18-22(2)24-10-5-4-6-11-24)19-25-12-8-14-27(29(25)31)30(32,33)34/h4-15,21-22H,16-20H2,1-3H3/t21-,22-/m1/s1. The fourth-order valence-electron chi connectivity index (χ4n) is 4.36. The van der Waals surface area contributed by atoms with E-state index in [1.807, 2.05) is 55.5 Å². The Hall–Kier alpha value is -3.03. The summed E-state index contributed by atoms with van der Waals surface area (Å²) in [6.07, 6.45) is -4.36. The van der Waals surface area contributed by atoms with Crippen molar-refractivity contribution >= 4 is 17.6 Å². The number of rotatable bonds is 12. The molecule has 8 heteroatoms. The molecule has 0 N–H and O–H groups in total. The highest BCUT2D eigenvalue weighted by molar-refractivity contribution is 6.32. The Morgan fingerprint density at radius 3 is 2.37 bits per heavy atom. The summed E-state index contributed by atoms with van der Waals surface area (Å²) in [7, 11) is 1.35. The van der Waals surface area contributed by atoms with Gasteiger partial charge in [0.15, 0.2) is 0 Å². The summed E-state index contributed by atoms with van der Waals surface area (Å²) in [4.78, 5) is 13.7. The summed E-state index contributed by atoms with van der Waals surface area (Å²) >= 11 is 6.23. The highest BCUT2D eigenvalue weighted by atomic mass is 35.5. The zero-order chi connectivity index (χ0) is 27.7. The summed E-state index contributed by atoms with van der Waals surface area (Å²) in [6.45, 7) is 6.03.